The lowest BCUT2D eigenvalue weighted by Gasteiger charge is -2.26. The Morgan fingerprint density at radius 3 is 2.29 bits per heavy atom. The van der Waals surface area contributed by atoms with Gasteiger partial charge in [0.15, 0.2) is 0 Å². The highest BCUT2D eigenvalue weighted by molar-refractivity contribution is 6.36. The smallest absolute Gasteiger partial charge is 0.290 e. The van der Waals surface area contributed by atoms with Crippen LogP contribution in [0, 0.1) is 5.92 Å². The van der Waals surface area contributed by atoms with Gasteiger partial charge in [-0.05, 0) is 25.7 Å². The summed E-state index contributed by atoms with van der Waals surface area (Å²) < 4.78 is 0. The molecule has 3 nitrogen and oxygen atoms in total. The molecule has 1 fully saturated rings. The van der Waals surface area contributed by atoms with Gasteiger partial charge in [-0.3, -0.25) is 9.59 Å². The Morgan fingerprint density at radius 2 is 1.79 bits per heavy atom. The summed E-state index contributed by atoms with van der Waals surface area (Å²) in [6.45, 7) is 5.29. The number of carbonyl (C=O) groups is 2. The molecule has 1 rings (SSSR count). The maximum atomic E-state index is 11.7. The number of hydrogen-bond donors (Lipinski definition) is 0. The molecule has 80 valence electrons. The normalized spacial score (nSPS) is 19.1. The van der Waals surface area contributed by atoms with Gasteiger partial charge in [0, 0.05) is 19.0 Å². The molecule has 0 aromatic heterocycles. The summed E-state index contributed by atoms with van der Waals surface area (Å²) in [6.07, 6.45) is 4.01. The first-order valence-corrected chi connectivity index (χ1v) is 5.50. The molecule has 0 aliphatic carbocycles. The minimum Gasteiger partial charge on any atom is -0.336 e. The molecular weight excluding hydrogens is 178 g/mol. The second-order valence-electron chi connectivity index (χ2n) is 4.03. The van der Waals surface area contributed by atoms with Crippen LogP contribution in [0.2, 0.25) is 0 Å². The standard InChI is InChI=1S/C11H19NO2/c1-3-9(2)10(13)11(14)12-7-5-4-6-8-12/h9H,3-8H2,1-2H3. The van der Waals surface area contributed by atoms with Crippen molar-refractivity contribution in [1.29, 1.82) is 0 Å². The van der Waals surface area contributed by atoms with Crippen LogP contribution in [-0.2, 0) is 9.59 Å². The fourth-order valence-corrected chi connectivity index (χ4v) is 1.65. The van der Waals surface area contributed by atoms with Gasteiger partial charge in [-0.25, -0.2) is 0 Å². The summed E-state index contributed by atoms with van der Waals surface area (Å²) in [5.74, 6) is -0.599. The molecule has 1 aliphatic heterocycles. The molecule has 14 heavy (non-hydrogen) atoms. The number of carbonyl (C=O) groups excluding carboxylic acids is 2. The molecule has 1 heterocycles. The molecule has 1 unspecified atom stereocenters. The van der Waals surface area contributed by atoms with Crippen molar-refractivity contribution in [3.8, 4) is 0 Å². The largest absolute Gasteiger partial charge is 0.336 e. The van der Waals surface area contributed by atoms with Gasteiger partial charge in [-0.2, -0.15) is 0 Å². The Labute approximate surface area is 85.5 Å². The fourth-order valence-electron chi connectivity index (χ4n) is 1.65. The zero-order valence-corrected chi connectivity index (χ0v) is 9.08. The van der Waals surface area contributed by atoms with E-state index in [1.54, 1.807) is 4.90 Å². The summed E-state index contributed by atoms with van der Waals surface area (Å²) in [7, 11) is 0. The fraction of sp³-hybridized carbons (Fsp3) is 0.818. The number of rotatable bonds is 3. The van der Waals surface area contributed by atoms with Gasteiger partial charge in [0.25, 0.3) is 5.91 Å². The van der Waals surface area contributed by atoms with Crippen molar-refractivity contribution in [3.05, 3.63) is 0 Å². The van der Waals surface area contributed by atoms with Crippen LogP contribution in [0.15, 0.2) is 0 Å². The van der Waals surface area contributed by atoms with Crippen molar-refractivity contribution in [2.45, 2.75) is 39.5 Å². The molecule has 1 aliphatic rings. The number of likely N-dealkylation sites (tertiary alicyclic amines) is 1. The molecule has 1 saturated heterocycles. The number of amides is 1. The SMILES string of the molecule is CCC(C)C(=O)C(=O)N1CCCCC1. The number of hydrogen-bond acceptors (Lipinski definition) is 2. The van der Waals surface area contributed by atoms with Crippen LogP contribution in [0.1, 0.15) is 39.5 Å². The molecule has 0 saturated carbocycles. The van der Waals surface area contributed by atoms with E-state index in [1.165, 1.54) is 6.42 Å². The van der Waals surface area contributed by atoms with Crippen LogP contribution in [0.4, 0.5) is 0 Å². The van der Waals surface area contributed by atoms with Crippen LogP contribution in [0.3, 0.4) is 0 Å². The summed E-state index contributed by atoms with van der Waals surface area (Å²) in [4.78, 5) is 25.0. The second-order valence-corrected chi connectivity index (χ2v) is 4.03. The summed E-state index contributed by atoms with van der Waals surface area (Å²) in [5.41, 5.74) is 0. The maximum absolute atomic E-state index is 11.7. The minimum absolute atomic E-state index is 0.121. The third-order valence-electron chi connectivity index (χ3n) is 2.91. The number of piperidine rings is 1. The van der Waals surface area contributed by atoms with Crippen molar-refractivity contribution in [3.63, 3.8) is 0 Å². The van der Waals surface area contributed by atoms with E-state index in [0.717, 1.165) is 32.4 Å². The van der Waals surface area contributed by atoms with Gasteiger partial charge < -0.3 is 4.90 Å². The van der Waals surface area contributed by atoms with E-state index in [4.69, 9.17) is 0 Å². The number of nitrogens with zero attached hydrogens (tertiary/aromatic N) is 1. The molecule has 1 amide bonds. The summed E-state index contributed by atoms with van der Waals surface area (Å²) in [6, 6.07) is 0. The highest BCUT2D eigenvalue weighted by Gasteiger charge is 2.26. The molecule has 0 aromatic carbocycles. The van der Waals surface area contributed by atoms with Crippen LogP contribution in [0.5, 0.6) is 0 Å². The second kappa shape index (κ2) is 5.13. The van der Waals surface area contributed by atoms with Gasteiger partial charge in [0.2, 0.25) is 5.78 Å². The molecule has 0 spiro atoms. The number of ketones is 1. The first-order chi connectivity index (χ1) is 6.66. The lowest BCUT2D eigenvalue weighted by molar-refractivity contribution is -0.147. The minimum atomic E-state index is -0.265. The van der Waals surface area contributed by atoms with E-state index in [2.05, 4.69) is 0 Å². The van der Waals surface area contributed by atoms with E-state index in [9.17, 15) is 9.59 Å². The third-order valence-corrected chi connectivity index (χ3v) is 2.91. The first-order valence-electron chi connectivity index (χ1n) is 5.50. The van der Waals surface area contributed by atoms with E-state index in [-0.39, 0.29) is 17.6 Å². The molecule has 0 bridgehead atoms. The van der Waals surface area contributed by atoms with Crippen molar-refractivity contribution >= 4 is 11.7 Å². The lowest BCUT2D eigenvalue weighted by Crippen LogP contribution is -2.41. The van der Waals surface area contributed by atoms with Crippen LogP contribution < -0.4 is 0 Å². The molecule has 3 heteroatoms. The van der Waals surface area contributed by atoms with Gasteiger partial charge >= 0.3 is 0 Å². The summed E-state index contributed by atoms with van der Waals surface area (Å²) >= 11 is 0. The van der Waals surface area contributed by atoms with Crippen LogP contribution in [0.25, 0.3) is 0 Å². The zero-order valence-electron chi connectivity index (χ0n) is 9.08. The molecule has 0 radical (unpaired) electrons. The highest BCUT2D eigenvalue weighted by atomic mass is 16.2. The van der Waals surface area contributed by atoms with Crippen molar-refractivity contribution in [1.82, 2.24) is 4.90 Å². The quantitative estimate of drug-likeness (QED) is 0.645. The Hall–Kier alpha value is -0.860. The molecule has 0 N–H and O–H groups in total. The van der Waals surface area contributed by atoms with E-state index < -0.39 is 0 Å². The zero-order chi connectivity index (χ0) is 10.6. The maximum Gasteiger partial charge on any atom is 0.290 e. The van der Waals surface area contributed by atoms with Gasteiger partial charge in [0.05, 0.1) is 0 Å². The Morgan fingerprint density at radius 1 is 1.21 bits per heavy atom. The van der Waals surface area contributed by atoms with Gasteiger partial charge in [-0.15, -0.1) is 0 Å². The van der Waals surface area contributed by atoms with Crippen molar-refractivity contribution in [2.24, 2.45) is 5.92 Å². The Balaban J connectivity index is 2.50. The van der Waals surface area contributed by atoms with E-state index >= 15 is 0 Å². The Kier molecular flexibility index (Phi) is 4.11. The average Bonchev–Trinajstić information content (AvgIpc) is 2.27. The van der Waals surface area contributed by atoms with Crippen molar-refractivity contribution in [2.75, 3.05) is 13.1 Å². The predicted molar refractivity (Wildman–Crippen MR) is 54.9 cm³/mol. The van der Waals surface area contributed by atoms with Gasteiger partial charge in [-0.1, -0.05) is 13.8 Å². The number of Topliss-reactive ketones (excluding diaryl/α,β-unsaturated/α-hetero) is 1. The predicted octanol–water partition coefficient (Wildman–Crippen LogP) is 1.61. The Bertz CT molecular complexity index is 219. The monoisotopic (exact) mass is 197 g/mol. The molecular formula is C11H19NO2. The van der Waals surface area contributed by atoms with Gasteiger partial charge in [0.1, 0.15) is 0 Å². The average molecular weight is 197 g/mol. The summed E-state index contributed by atoms with van der Waals surface area (Å²) in [5, 5.41) is 0. The van der Waals surface area contributed by atoms with E-state index in [0.29, 0.717) is 0 Å². The van der Waals surface area contributed by atoms with Crippen LogP contribution >= 0.6 is 0 Å². The molecule has 0 aromatic rings. The van der Waals surface area contributed by atoms with E-state index in [1.807, 2.05) is 13.8 Å². The molecule has 1 atom stereocenters. The highest BCUT2D eigenvalue weighted by Crippen LogP contribution is 2.11. The third kappa shape index (κ3) is 2.56. The van der Waals surface area contributed by atoms with Crippen LogP contribution in [-0.4, -0.2) is 29.7 Å². The lowest BCUT2D eigenvalue weighted by atomic mass is 10.0. The topological polar surface area (TPSA) is 37.4 Å². The van der Waals surface area contributed by atoms with Crippen molar-refractivity contribution < 1.29 is 9.59 Å². The first kappa shape index (κ1) is 11.2.